The molecule has 106 valence electrons. The Morgan fingerprint density at radius 3 is 2.61 bits per heavy atom. The van der Waals surface area contributed by atoms with Gasteiger partial charge in [-0.1, -0.05) is 33.1 Å². The molecule has 18 heavy (non-hydrogen) atoms. The van der Waals surface area contributed by atoms with Crippen molar-refractivity contribution in [3.63, 3.8) is 0 Å². The van der Waals surface area contributed by atoms with Crippen LogP contribution >= 0.6 is 0 Å². The molecule has 2 atom stereocenters. The first-order valence-electron chi connectivity index (χ1n) is 8.30. The van der Waals surface area contributed by atoms with Gasteiger partial charge in [0.15, 0.2) is 0 Å². The lowest BCUT2D eigenvalue weighted by atomic mass is 10.0. The summed E-state index contributed by atoms with van der Waals surface area (Å²) in [5.74, 6) is 0.923. The zero-order chi connectivity index (χ0) is 12.8. The van der Waals surface area contributed by atoms with Crippen molar-refractivity contribution < 1.29 is 0 Å². The van der Waals surface area contributed by atoms with Gasteiger partial charge in [0.1, 0.15) is 0 Å². The fourth-order valence-corrected chi connectivity index (χ4v) is 3.26. The van der Waals surface area contributed by atoms with E-state index in [9.17, 15) is 0 Å². The summed E-state index contributed by atoms with van der Waals surface area (Å²) < 4.78 is 0. The molecule has 1 saturated heterocycles. The number of likely N-dealkylation sites (tertiary alicyclic amines) is 1. The molecule has 2 fully saturated rings. The molecule has 1 aliphatic carbocycles. The molecule has 2 heteroatoms. The molecule has 2 aliphatic rings. The summed E-state index contributed by atoms with van der Waals surface area (Å²) in [5, 5.41) is 3.71. The molecule has 0 aromatic rings. The normalized spacial score (nSPS) is 26.7. The highest BCUT2D eigenvalue weighted by Crippen LogP contribution is 2.25. The van der Waals surface area contributed by atoms with Crippen LogP contribution in [0.15, 0.2) is 0 Å². The fraction of sp³-hybridized carbons (Fsp3) is 1.00. The minimum absolute atomic E-state index is 0.876. The largest absolute Gasteiger partial charge is 0.314 e. The molecule has 2 nitrogen and oxygen atoms in total. The summed E-state index contributed by atoms with van der Waals surface area (Å²) in [6.07, 6.45) is 11.2. The van der Waals surface area contributed by atoms with Crippen LogP contribution in [0.2, 0.25) is 0 Å². The van der Waals surface area contributed by atoms with Crippen molar-refractivity contribution in [2.75, 3.05) is 19.6 Å². The van der Waals surface area contributed by atoms with E-state index < -0.39 is 0 Å². The first-order chi connectivity index (χ1) is 8.83. The molecule has 0 aromatic heterocycles. The number of hydrogen-bond donors (Lipinski definition) is 1. The van der Waals surface area contributed by atoms with Crippen molar-refractivity contribution in [3.8, 4) is 0 Å². The third-order valence-corrected chi connectivity index (χ3v) is 4.62. The number of nitrogens with one attached hydrogen (secondary N) is 1. The van der Waals surface area contributed by atoms with Crippen molar-refractivity contribution in [2.45, 2.75) is 77.3 Å². The second-order valence-electron chi connectivity index (χ2n) is 6.42. The van der Waals surface area contributed by atoms with Crippen molar-refractivity contribution in [1.29, 1.82) is 0 Å². The summed E-state index contributed by atoms with van der Waals surface area (Å²) in [7, 11) is 0. The maximum absolute atomic E-state index is 3.71. The third-order valence-electron chi connectivity index (χ3n) is 4.62. The Morgan fingerprint density at radius 2 is 1.94 bits per heavy atom. The van der Waals surface area contributed by atoms with Crippen LogP contribution in [0, 0.1) is 5.92 Å². The Bertz CT molecular complexity index is 225. The van der Waals surface area contributed by atoms with E-state index in [1.54, 1.807) is 0 Å². The molecule has 0 spiro atoms. The minimum atomic E-state index is 0.876. The quantitative estimate of drug-likeness (QED) is 0.676. The maximum atomic E-state index is 3.71. The molecule has 1 heterocycles. The Labute approximate surface area is 114 Å². The van der Waals surface area contributed by atoms with Crippen molar-refractivity contribution in [1.82, 2.24) is 10.2 Å². The molecule has 0 aromatic carbocycles. The summed E-state index contributed by atoms with van der Waals surface area (Å²) in [6.45, 7) is 8.63. The maximum Gasteiger partial charge on any atom is 0.00952 e. The number of nitrogens with zero attached hydrogens (tertiary/aromatic N) is 1. The van der Waals surface area contributed by atoms with Gasteiger partial charge in [0.25, 0.3) is 0 Å². The van der Waals surface area contributed by atoms with Gasteiger partial charge in [-0.3, -0.25) is 0 Å². The molecule has 1 aliphatic heterocycles. The van der Waals surface area contributed by atoms with Gasteiger partial charge >= 0.3 is 0 Å². The van der Waals surface area contributed by atoms with Gasteiger partial charge in [-0.15, -0.1) is 0 Å². The predicted molar refractivity (Wildman–Crippen MR) is 78.9 cm³/mol. The lowest BCUT2D eigenvalue weighted by Crippen LogP contribution is -2.34. The van der Waals surface area contributed by atoms with E-state index in [0.717, 1.165) is 18.0 Å². The first-order valence-corrected chi connectivity index (χ1v) is 8.30. The highest BCUT2D eigenvalue weighted by molar-refractivity contribution is 4.86. The monoisotopic (exact) mass is 252 g/mol. The second-order valence-corrected chi connectivity index (χ2v) is 6.42. The number of rotatable bonds is 9. The molecule has 1 saturated carbocycles. The van der Waals surface area contributed by atoms with Gasteiger partial charge in [0.2, 0.25) is 0 Å². The summed E-state index contributed by atoms with van der Waals surface area (Å²) in [5.41, 5.74) is 0. The van der Waals surface area contributed by atoms with E-state index in [1.165, 1.54) is 71.0 Å². The van der Waals surface area contributed by atoms with E-state index in [2.05, 4.69) is 24.1 Å². The Balaban J connectivity index is 1.69. The molecule has 0 radical (unpaired) electrons. The van der Waals surface area contributed by atoms with Gasteiger partial charge in [-0.25, -0.2) is 0 Å². The van der Waals surface area contributed by atoms with Crippen LogP contribution in [0.3, 0.4) is 0 Å². The van der Waals surface area contributed by atoms with Gasteiger partial charge < -0.3 is 10.2 Å². The molecule has 0 amide bonds. The highest BCUT2D eigenvalue weighted by atomic mass is 15.2. The number of hydrogen-bond acceptors (Lipinski definition) is 2. The summed E-state index contributed by atoms with van der Waals surface area (Å²) >= 11 is 0. The van der Waals surface area contributed by atoms with Crippen LogP contribution in [0.5, 0.6) is 0 Å². The zero-order valence-corrected chi connectivity index (χ0v) is 12.5. The van der Waals surface area contributed by atoms with Crippen LogP contribution in [0.4, 0.5) is 0 Å². The minimum Gasteiger partial charge on any atom is -0.314 e. The van der Waals surface area contributed by atoms with Crippen LogP contribution in [-0.4, -0.2) is 36.6 Å². The van der Waals surface area contributed by atoms with Gasteiger partial charge in [0.05, 0.1) is 0 Å². The second kappa shape index (κ2) is 7.49. The summed E-state index contributed by atoms with van der Waals surface area (Å²) in [6, 6.07) is 1.76. The standard InChI is InChI=1S/C16H32N2/c1-3-5-7-16(6-4-2)18-11-10-14(13-18)12-17-15-8-9-15/h14-17H,3-13H2,1-2H3. The molecule has 2 rings (SSSR count). The fourth-order valence-electron chi connectivity index (χ4n) is 3.26. The zero-order valence-electron chi connectivity index (χ0n) is 12.5. The smallest absolute Gasteiger partial charge is 0.00952 e. The van der Waals surface area contributed by atoms with Crippen LogP contribution < -0.4 is 5.32 Å². The van der Waals surface area contributed by atoms with E-state index in [0.29, 0.717) is 0 Å². The van der Waals surface area contributed by atoms with Crippen LogP contribution in [0.1, 0.15) is 65.2 Å². The Kier molecular flexibility index (Phi) is 5.97. The van der Waals surface area contributed by atoms with E-state index in [1.807, 2.05) is 0 Å². The lowest BCUT2D eigenvalue weighted by Gasteiger charge is -2.27. The van der Waals surface area contributed by atoms with E-state index in [4.69, 9.17) is 0 Å². The Hall–Kier alpha value is -0.0800. The first kappa shape index (κ1) is 14.3. The molecule has 0 bridgehead atoms. The molecule has 2 unspecified atom stereocenters. The molecule has 1 N–H and O–H groups in total. The predicted octanol–water partition coefficient (Wildman–Crippen LogP) is 3.42. The molecular weight excluding hydrogens is 220 g/mol. The molecular formula is C16H32N2. The van der Waals surface area contributed by atoms with E-state index in [-0.39, 0.29) is 0 Å². The van der Waals surface area contributed by atoms with Gasteiger partial charge in [-0.05, 0) is 51.1 Å². The van der Waals surface area contributed by atoms with Gasteiger partial charge in [-0.2, -0.15) is 0 Å². The van der Waals surface area contributed by atoms with Gasteiger partial charge in [0, 0.05) is 18.6 Å². The average molecular weight is 252 g/mol. The van der Waals surface area contributed by atoms with Crippen LogP contribution in [-0.2, 0) is 0 Å². The number of unbranched alkanes of at least 4 members (excludes halogenated alkanes) is 1. The third kappa shape index (κ3) is 4.55. The Morgan fingerprint density at radius 1 is 1.11 bits per heavy atom. The van der Waals surface area contributed by atoms with E-state index >= 15 is 0 Å². The highest BCUT2D eigenvalue weighted by Gasteiger charge is 2.29. The summed E-state index contributed by atoms with van der Waals surface area (Å²) in [4.78, 5) is 2.79. The SMILES string of the molecule is CCCCC(CCC)N1CCC(CNC2CC2)C1. The van der Waals surface area contributed by atoms with Crippen molar-refractivity contribution >= 4 is 0 Å². The van der Waals surface area contributed by atoms with Crippen molar-refractivity contribution in [3.05, 3.63) is 0 Å². The van der Waals surface area contributed by atoms with Crippen LogP contribution in [0.25, 0.3) is 0 Å². The average Bonchev–Trinajstić information content (AvgIpc) is 3.10. The van der Waals surface area contributed by atoms with Crippen molar-refractivity contribution in [2.24, 2.45) is 5.92 Å². The lowest BCUT2D eigenvalue weighted by molar-refractivity contribution is 0.206. The topological polar surface area (TPSA) is 15.3 Å².